The lowest BCUT2D eigenvalue weighted by atomic mass is 9.86. The van der Waals surface area contributed by atoms with Crippen molar-refractivity contribution in [1.82, 2.24) is 5.32 Å². The quantitative estimate of drug-likeness (QED) is 0.681. The number of hydrogen-bond donors (Lipinski definition) is 2. The highest BCUT2D eigenvalue weighted by molar-refractivity contribution is 6.17. The second kappa shape index (κ2) is 7.20. The fraction of sp³-hybridized carbons (Fsp3) is 0.909. The highest BCUT2D eigenvalue weighted by atomic mass is 35.5. The molecule has 88 valence electrons. The lowest BCUT2D eigenvalue weighted by Crippen LogP contribution is -2.40. The van der Waals surface area contributed by atoms with Gasteiger partial charge in [0, 0.05) is 30.9 Å². The van der Waals surface area contributed by atoms with E-state index in [2.05, 4.69) is 5.32 Å². The number of alkyl halides is 1. The zero-order valence-corrected chi connectivity index (χ0v) is 9.80. The number of aliphatic hydroxyl groups is 1. The standard InChI is InChI=1S/C11H20ClNO2/c12-5-1-2-11(15)9-3-6-13-10(8-9)4-7-14/h9-10,13-14H,1-8H2. The number of halogens is 1. The van der Waals surface area contributed by atoms with E-state index in [0.29, 0.717) is 24.1 Å². The van der Waals surface area contributed by atoms with E-state index < -0.39 is 0 Å². The minimum Gasteiger partial charge on any atom is -0.396 e. The summed E-state index contributed by atoms with van der Waals surface area (Å²) in [6, 6.07) is 0.314. The Kier molecular flexibility index (Phi) is 6.22. The van der Waals surface area contributed by atoms with E-state index >= 15 is 0 Å². The molecular weight excluding hydrogens is 214 g/mol. The monoisotopic (exact) mass is 233 g/mol. The fourth-order valence-electron chi connectivity index (χ4n) is 2.12. The predicted octanol–water partition coefficient (Wildman–Crippen LogP) is 1.33. The van der Waals surface area contributed by atoms with Crippen molar-refractivity contribution in [2.75, 3.05) is 19.0 Å². The molecule has 2 unspecified atom stereocenters. The van der Waals surface area contributed by atoms with Crippen molar-refractivity contribution >= 4 is 17.4 Å². The van der Waals surface area contributed by atoms with Crippen molar-refractivity contribution in [3.63, 3.8) is 0 Å². The zero-order valence-electron chi connectivity index (χ0n) is 9.04. The normalized spacial score (nSPS) is 26.5. The third kappa shape index (κ3) is 4.49. The van der Waals surface area contributed by atoms with Crippen LogP contribution in [0.25, 0.3) is 0 Å². The van der Waals surface area contributed by atoms with Crippen LogP contribution in [0.4, 0.5) is 0 Å². The first-order valence-electron chi connectivity index (χ1n) is 5.71. The van der Waals surface area contributed by atoms with E-state index in [0.717, 1.165) is 32.2 Å². The molecule has 0 aromatic carbocycles. The van der Waals surface area contributed by atoms with Crippen LogP contribution in [0.2, 0.25) is 0 Å². The minimum atomic E-state index is 0.186. The molecule has 0 amide bonds. The molecule has 2 atom stereocenters. The van der Waals surface area contributed by atoms with Gasteiger partial charge in [0.1, 0.15) is 5.78 Å². The lowest BCUT2D eigenvalue weighted by molar-refractivity contribution is -0.124. The first-order chi connectivity index (χ1) is 7.27. The molecule has 0 aromatic rings. The van der Waals surface area contributed by atoms with E-state index in [-0.39, 0.29) is 12.5 Å². The molecule has 1 saturated heterocycles. The van der Waals surface area contributed by atoms with Gasteiger partial charge < -0.3 is 10.4 Å². The molecule has 0 spiro atoms. The molecule has 0 saturated carbocycles. The van der Waals surface area contributed by atoms with Crippen molar-refractivity contribution in [3.05, 3.63) is 0 Å². The van der Waals surface area contributed by atoms with Gasteiger partial charge >= 0.3 is 0 Å². The molecule has 2 N–H and O–H groups in total. The van der Waals surface area contributed by atoms with Gasteiger partial charge in [0.25, 0.3) is 0 Å². The summed E-state index contributed by atoms with van der Waals surface area (Å²) in [6.45, 7) is 1.09. The van der Waals surface area contributed by atoms with Gasteiger partial charge in [0.05, 0.1) is 0 Å². The topological polar surface area (TPSA) is 49.3 Å². The van der Waals surface area contributed by atoms with Crippen LogP contribution in [0.3, 0.4) is 0 Å². The van der Waals surface area contributed by atoms with Crippen molar-refractivity contribution in [3.8, 4) is 0 Å². The Bertz CT molecular complexity index is 197. The molecule has 1 fully saturated rings. The molecule has 0 bridgehead atoms. The summed E-state index contributed by atoms with van der Waals surface area (Å²) in [5.41, 5.74) is 0. The number of Topliss-reactive ketones (excluding diaryl/α,β-unsaturated/α-hetero) is 1. The number of carbonyl (C=O) groups is 1. The van der Waals surface area contributed by atoms with E-state index in [9.17, 15) is 4.79 Å². The third-order valence-electron chi connectivity index (χ3n) is 2.98. The van der Waals surface area contributed by atoms with Crippen molar-refractivity contribution < 1.29 is 9.90 Å². The maximum Gasteiger partial charge on any atom is 0.136 e. The minimum absolute atomic E-state index is 0.186. The largest absolute Gasteiger partial charge is 0.396 e. The third-order valence-corrected chi connectivity index (χ3v) is 3.25. The van der Waals surface area contributed by atoms with Gasteiger partial charge in [-0.1, -0.05) is 0 Å². The summed E-state index contributed by atoms with van der Waals surface area (Å²) in [6.07, 6.45) is 3.96. The summed E-state index contributed by atoms with van der Waals surface area (Å²) in [7, 11) is 0. The first-order valence-corrected chi connectivity index (χ1v) is 6.24. The number of piperidine rings is 1. The maximum absolute atomic E-state index is 11.8. The van der Waals surface area contributed by atoms with Crippen LogP contribution in [0.15, 0.2) is 0 Å². The van der Waals surface area contributed by atoms with Gasteiger partial charge in [-0.05, 0) is 32.2 Å². The molecule has 0 radical (unpaired) electrons. The second-order valence-electron chi connectivity index (χ2n) is 4.14. The summed E-state index contributed by atoms with van der Waals surface area (Å²) >= 11 is 5.57. The molecule has 1 rings (SSSR count). The Morgan fingerprint density at radius 3 is 3.00 bits per heavy atom. The van der Waals surface area contributed by atoms with Gasteiger partial charge in [0.2, 0.25) is 0 Å². The summed E-state index contributed by atoms with van der Waals surface area (Å²) < 4.78 is 0. The van der Waals surface area contributed by atoms with Gasteiger partial charge in [-0.15, -0.1) is 11.6 Å². The second-order valence-corrected chi connectivity index (χ2v) is 4.52. The summed E-state index contributed by atoms with van der Waals surface area (Å²) in [5, 5.41) is 12.2. The van der Waals surface area contributed by atoms with Gasteiger partial charge in [-0.3, -0.25) is 4.79 Å². The van der Waals surface area contributed by atoms with Crippen molar-refractivity contribution in [2.45, 2.75) is 38.1 Å². The maximum atomic E-state index is 11.8. The molecule has 0 aliphatic carbocycles. The molecule has 1 aliphatic heterocycles. The molecule has 15 heavy (non-hydrogen) atoms. The van der Waals surface area contributed by atoms with E-state index in [1.54, 1.807) is 0 Å². The Morgan fingerprint density at radius 1 is 1.53 bits per heavy atom. The van der Waals surface area contributed by atoms with Crippen molar-refractivity contribution in [2.24, 2.45) is 5.92 Å². The molecule has 3 nitrogen and oxygen atoms in total. The number of rotatable bonds is 6. The SMILES string of the molecule is O=C(CCCCl)C1CCNC(CCO)C1. The fourth-order valence-corrected chi connectivity index (χ4v) is 2.25. The van der Waals surface area contributed by atoms with E-state index in [4.69, 9.17) is 16.7 Å². The Morgan fingerprint density at radius 2 is 2.33 bits per heavy atom. The lowest BCUT2D eigenvalue weighted by Gasteiger charge is -2.29. The Labute approximate surface area is 96.2 Å². The van der Waals surface area contributed by atoms with Crippen LogP contribution >= 0.6 is 11.6 Å². The summed E-state index contributed by atoms with van der Waals surface area (Å²) in [5.74, 6) is 1.10. The number of aliphatic hydroxyl groups excluding tert-OH is 1. The van der Waals surface area contributed by atoms with Gasteiger partial charge in [-0.25, -0.2) is 0 Å². The zero-order chi connectivity index (χ0) is 11.1. The van der Waals surface area contributed by atoms with Gasteiger partial charge in [0.15, 0.2) is 0 Å². The van der Waals surface area contributed by atoms with Crippen LogP contribution in [0, 0.1) is 5.92 Å². The number of hydrogen-bond acceptors (Lipinski definition) is 3. The average molecular weight is 234 g/mol. The predicted molar refractivity (Wildman–Crippen MR) is 61.2 cm³/mol. The number of nitrogens with one attached hydrogen (secondary N) is 1. The van der Waals surface area contributed by atoms with Crippen LogP contribution in [0.5, 0.6) is 0 Å². The van der Waals surface area contributed by atoms with Crippen LogP contribution in [-0.4, -0.2) is 36.0 Å². The molecule has 0 aromatic heterocycles. The number of carbonyl (C=O) groups excluding carboxylic acids is 1. The van der Waals surface area contributed by atoms with Gasteiger partial charge in [-0.2, -0.15) is 0 Å². The highest BCUT2D eigenvalue weighted by Gasteiger charge is 2.25. The number of ketones is 1. The average Bonchev–Trinajstić information content (AvgIpc) is 2.27. The van der Waals surface area contributed by atoms with Crippen LogP contribution < -0.4 is 5.32 Å². The first kappa shape index (κ1) is 12.9. The van der Waals surface area contributed by atoms with E-state index in [1.807, 2.05) is 0 Å². The van der Waals surface area contributed by atoms with Crippen LogP contribution in [0.1, 0.15) is 32.1 Å². The van der Waals surface area contributed by atoms with Crippen molar-refractivity contribution in [1.29, 1.82) is 0 Å². The Balaban J connectivity index is 2.31. The van der Waals surface area contributed by atoms with Crippen LogP contribution in [-0.2, 0) is 4.79 Å². The molecular formula is C11H20ClNO2. The Hall–Kier alpha value is -0.120. The summed E-state index contributed by atoms with van der Waals surface area (Å²) in [4.78, 5) is 11.8. The smallest absolute Gasteiger partial charge is 0.136 e. The highest BCUT2D eigenvalue weighted by Crippen LogP contribution is 2.20. The molecule has 4 heteroatoms. The molecule has 1 aliphatic rings. The van der Waals surface area contributed by atoms with E-state index in [1.165, 1.54) is 0 Å². The molecule has 1 heterocycles.